The van der Waals surface area contributed by atoms with Gasteiger partial charge in [-0.15, -0.1) is 0 Å². The van der Waals surface area contributed by atoms with Crippen LogP contribution in [-0.2, 0) is 0 Å². The third-order valence-electron chi connectivity index (χ3n) is 5.72. The summed E-state index contributed by atoms with van der Waals surface area (Å²) in [7, 11) is 3.93. The van der Waals surface area contributed by atoms with Crippen LogP contribution < -0.4 is 26.3 Å². The van der Waals surface area contributed by atoms with E-state index < -0.39 is 5.82 Å². The quantitative estimate of drug-likeness (QED) is 0.226. The summed E-state index contributed by atoms with van der Waals surface area (Å²) in [4.78, 5) is 10.7. The van der Waals surface area contributed by atoms with Crippen molar-refractivity contribution in [1.29, 1.82) is 0 Å². The number of hydrogen-bond acceptors (Lipinski definition) is 9. The van der Waals surface area contributed by atoms with Crippen LogP contribution >= 0.6 is 0 Å². The number of allylic oxidation sites excluding steroid dienone is 1. The zero-order valence-electron chi connectivity index (χ0n) is 21.3. The summed E-state index contributed by atoms with van der Waals surface area (Å²) in [5.74, 6) is 1.46. The van der Waals surface area contributed by atoms with E-state index in [1.807, 2.05) is 38.9 Å². The van der Waals surface area contributed by atoms with Crippen LogP contribution in [-0.4, -0.2) is 59.5 Å². The highest BCUT2D eigenvalue weighted by atomic mass is 19.1. The molecule has 0 spiro atoms. The van der Waals surface area contributed by atoms with Crippen molar-refractivity contribution in [3.8, 4) is 11.5 Å². The molecule has 1 aromatic heterocycles. The van der Waals surface area contributed by atoms with Gasteiger partial charge in [0.05, 0.1) is 22.9 Å². The fraction of sp³-hybridized carbons (Fsp3) is 0.269. The first kappa shape index (κ1) is 25.7. The monoisotopic (exact) mass is 506 g/mol. The maximum absolute atomic E-state index is 15.1. The number of ether oxygens (including phenoxy) is 2. The van der Waals surface area contributed by atoms with E-state index in [1.54, 1.807) is 35.5 Å². The van der Waals surface area contributed by atoms with Crippen LogP contribution in [0.25, 0.3) is 10.9 Å². The lowest BCUT2D eigenvalue weighted by Crippen LogP contribution is -2.25. The summed E-state index contributed by atoms with van der Waals surface area (Å²) in [6.07, 6.45) is 7.99. The molecular formula is C26H31FN8O2. The van der Waals surface area contributed by atoms with Crippen molar-refractivity contribution in [2.45, 2.75) is 19.9 Å². The Morgan fingerprint density at radius 1 is 1.22 bits per heavy atom. The normalized spacial score (nSPS) is 15.5. The predicted molar refractivity (Wildman–Crippen MR) is 144 cm³/mol. The number of nitrogens with zero attached hydrogens (tertiary/aromatic N) is 5. The van der Waals surface area contributed by atoms with Gasteiger partial charge < -0.3 is 31.2 Å². The number of benzene rings is 2. The van der Waals surface area contributed by atoms with Gasteiger partial charge in [0.1, 0.15) is 48.2 Å². The zero-order valence-corrected chi connectivity index (χ0v) is 21.3. The number of nitrogen functional groups attached to an aromatic ring is 1. The second-order valence-corrected chi connectivity index (χ2v) is 8.88. The molecule has 4 rings (SSSR count). The fourth-order valence-corrected chi connectivity index (χ4v) is 3.73. The average Bonchev–Trinajstić information content (AvgIpc) is 2.84. The zero-order chi connectivity index (χ0) is 26.5. The van der Waals surface area contributed by atoms with Gasteiger partial charge in [0.25, 0.3) is 0 Å². The van der Waals surface area contributed by atoms with Gasteiger partial charge in [0, 0.05) is 30.3 Å². The van der Waals surface area contributed by atoms with Crippen molar-refractivity contribution < 1.29 is 13.9 Å². The van der Waals surface area contributed by atoms with Gasteiger partial charge in [-0.3, -0.25) is 5.01 Å². The van der Waals surface area contributed by atoms with Crippen molar-refractivity contribution in [2.24, 2.45) is 10.8 Å². The number of fused-ring (bicyclic) bond motifs is 1. The molecule has 5 N–H and O–H groups in total. The van der Waals surface area contributed by atoms with E-state index in [1.165, 1.54) is 18.7 Å². The second kappa shape index (κ2) is 11.1. The Balaban J connectivity index is 1.54. The number of halogens is 1. The van der Waals surface area contributed by atoms with Gasteiger partial charge in [0.15, 0.2) is 0 Å². The molecule has 2 heterocycles. The smallest absolute Gasteiger partial charge is 0.150 e. The third kappa shape index (κ3) is 6.07. The molecule has 1 aliphatic heterocycles. The van der Waals surface area contributed by atoms with Gasteiger partial charge >= 0.3 is 0 Å². The highest BCUT2D eigenvalue weighted by Gasteiger charge is 2.16. The number of hydrogen-bond donors (Lipinski definition) is 3. The lowest BCUT2D eigenvalue weighted by atomic mass is 10.1. The maximum atomic E-state index is 15.1. The molecule has 10 nitrogen and oxygen atoms in total. The van der Waals surface area contributed by atoms with E-state index in [0.29, 0.717) is 46.3 Å². The summed E-state index contributed by atoms with van der Waals surface area (Å²) >= 11 is 0. The minimum atomic E-state index is -0.494. The van der Waals surface area contributed by atoms with Crippen LogP contribution in [0.15, 0.2) is 59.8 Å². The van der Waals surface area contributed by atoms with Gasteiger partial charge in [0.2, 0.25) is 0 Å². The Bertz CT molecular complexity index is 1370. The fourth-order valence-electron chi connectivity index (χ4n) is 3.73. The SMILES string of the molecule is Cc1cc(Nc2ncnc3cc(OCCN(C)C)c(N)cc23)c(F)cc1OC1=CC(C)N(/N=C\N)C=C1. The highest BCUT2D eigenvalue weighted by molar-refractivity contribution is 5.94. The molecule has 0 amide bonds. The van der Waals surface area contributed by atoms with E-state index in [9.17, 15) is 0 Å². The van der Waals surface area contributed by atoms with Crippen molar-refractivity contribution in [3.05, 3.63) is 66.1 Å². The second-order valence-electron chi connectivity index (χ2n) is 8.88. The molecule has 37 heavy (non-hydrogen) atoms. The Morgan fingerprint density at radius 3 is 2.76 bits per heavy atom. The predicted octanol–water partition coefficient (Wildman–Crippen LogP) is 3.73. The summed E-state index contributed by atoms with van der Waals surface area (Å²) in [5, 5.41) is 9.45. The molecule has 1 unspecified atom stereocenters. The Hall–Kier alpha value is -4.38. The van der Waals surface area contributed by atoms with E-state index in [-0.39, 0.29) is 11.7 Å². The van der Waals surface area contributed by atoms with Gasteiger partial charge in [-0.1, -0.05) is 0 Å². The minimum Gasteiger partial charge on any atom is -0.490 e. The van der Waals surface area contributed by atoms with E-state index in [0.717, 1.165) is 12.1 Å². The van der Waals surface area contributed by atoms with E-state index in [4.69, 9.17) is 20.9 Å². The van der Waals surface area contributed by atoms with Crippen molar-refractivity contribution >= 4 is 34.4 Å². The first-order valence-electron chi connectivity index (χ1n) is 11.7. The molecule has 1 aliphatic rings. The molecule has 1 atom stereocenters. The number of rotatable bonds is 9. The number of anilines is 3. The maximum Gasteiger partial charge on any atom is 0.150 e. The van der Waals surface area contributed by atoms with Crippen LogP contribution in [0.2, 0.25) is 0 Å². The lowest BCUT2D eigenvalue weighted by Gasteiger charge is -2.24. The van der Waals surface area contributed by atoms with E-state index in [2.05, 4.69) is 20.4 Å². The van der Waals surface area contributed by atoms with Crippen molar-refractivity contribution in [3.63, 3.8) is 0 Å². The number of hydrazone groups is 1. The summed E-state index contributed by atoms with van der Waals surface area (Å²) in [6.45, 7) is 5.02. The summed E-state index contributed by atoms with van der Waals surface area (Å²) in [5.41, 5.74) is 13.7. The number of aromatic nitrogens is 2. The lowest BCUT2D eigenvalue weighted by molar-refractivity contribution is 0.262. The molecule has 0 saturated carbocycles. The molecule has 11 heteroatoms. The van der Waals surface area contributed by atoms with Gasteiger partial charge in [-0.05, 0) is 57.8 Å². The van der Waals surface area contributed by atoms with Crippen LogP contribution in [0, 0.1) is 12.7 Å². The van der Waals surface area contributed by atoms with Crippen LogP contribution in [0.1, 0.15) is 12.5 Å². The van der Waals surface area contributed by atoms with Gasteiger partial charge in [-0.2, -0.15) is 5.10 Å². The number of nitrogens with two attached hydrogens (primary N) is 2. The number of aryl methyl sites for hydroxylation is 1. The molecule has 194 valence electrons. The molecule has 0 saturated heterocycles. The topological polar surface area (TPSA) is 127 Å². The molecular weight excluding hydrogens is 475 g/mol. The number of nitrogens with one attached hydrogen (secondary N) is 1. The molecule has 0 fully saturated rings. The summed E-state index contributed by atoms with van der Waals surface area (Å²) in [6, 6.07) is 6.44. The van der Waals surface area contributed by atoms with Crippen LogP contribution in [0.3, 0.4) is 0 Å². The van der Waals surface area contributed by atoms with Crippen LogP contribution in [0.4, 0.5) is 21.6 Å². The Kier molecular flexibility index (Phi) is 7.73. The molecule has 0 aliphatic carbocycles. The Morgan fingerprint density at radius 2 is 2.03 bits per heavy atom. The molecule has 0 radical (unpaired) electrons. The van der Waals surface area contributed by atoms with Crippen LogP contribution in [0.5, 0.6) is 11.5 Å². The first-order valence-corrected chi connectivity index (χ1v) is 11.7. The Labute approximate surface area is 215 Å². The van der Waals surface area contributed by atoms with Crippen molar-refractivity contribution in [1.82, 2.24) is 19.9 Å². The van der Waals surface area contributed by atoms with Crippen molar-refractivity contribution in [2.75, 3.05) is 38.3 Å². The third-order valence-corrected chi connectivity index (χ3v) is 5.72. The number of likely N-dealkylation sites (N-methyl/N-ethyl adjacent to an activating group) is 1. The molecule has 0 bridgehead atoms. The minimum absolute atomic E-state index is 0.0664. The van der Waals surface area contributed by atoms with Gasteiger partial charge in [-0.25, -0.2) is 14.4 Å². The highest BCUT2D eigenvalue weighted by Crippen LogP contribution is 2.34. The standard InChI is InChI=1S/C26H31FN8O2/c1-16-9-23(20(27)12-24(16)37-18-5-6-35(32-14-28)17(2)10-18)33-26-19-11-21(29)25(36-8-7-34(3)4)13-22(19)30-15-31-26/h5-6,9-15,17H,7-8,29H2,1-4H3,(H2,28,32)(H,30,31,33). The molecule has 3 aromatic rings. The molecule has 2 aromatic carbocycles. The van der Waals surface area contributed by atoms with E-state index >= 15 is 4.39 Å². The largest absolute Gasteiger partial charge is 0.490 e. The summed E-state index contributed by atoms with van der Waals surface area (Å²) < 4.78 is 26.9. The first-order chi connectivity index (χ1) is 17.7. The average molecular weight is 507 g/mol.